The number of ether oxygens (including phenoxy) is 3. The van der Waals surface area contributed by atoms with Crippen LogP contribution < -0.4 is 26.6 Å². The smallest absolute Gasteiger partial charge is 0.331 e. The first-order valence-corrected chi connectivity index (χ1v) is 11.3. The summed E-state index contributed by atoms with van der Waals surface area (Å²) in [7, 11) is 1.43. The van der Waals surface area contributed by atoms with E-state index in [9.17, 15) is 19.2 Å². The van der Waals surface area contributed by atoms with Crippen LogP contribution in [0.1, 0.15) is 32.3 Å². The molecule has 1 heterocycles. The molecule has 0 atom stereocenters. The molecule has 190 valence electrons. The van der Waals surface area contributed by atoms with Crippen LogP contribution in [0.3, 0.4) is 0 Å². The molecule has 0 aliphatic heterocycles. The molecule has 2 rings (SSSR count). The first kappa shape index (κ1) is 27.4. The molecule has 1 aromatic carbocycles. The van der Waals surface area contributed by atoms with Gasteiger partial charge in [0.1, 0.15) is 11.6 Å². The number of benzene rings is 1. The largest absolute Gasteiger partial charge is 0.494 e. The number of nitrogen functional groups attached to an aromatic ring is 1. The lowest BCUT2D eigenvalue weighted by Crippen LogP contribution is -2.44. The number of hydrogen-bond acceptors (Lipinski definition) is 8. The lowest BCUT2D eigenvalue weighted by Gasteiger charge is -2.24. The number of rotatable bonds is 13. The number of carbonyl (C=O) groups excluding carboxylic acids is 2. The van der Waals surface area contributed by atoms with Gasteiger partial charge in [0, 0.05) is 26.3 Å². The Balaban J connectivity index is 2.15. The predicted octanol–water partition coefficient (Wildman–Crippen LogP) is 1.55. The molecule has 0 spiro atoms. The Morgan fingerprint density at radius 1 is 1.17 bits per heavy atom. The maximum absolute atomic E-state index is 12.9. The van der Waals surface area contributed by atoms with E-state index in [2.05, 4.69) is 4.98 Å². The number of hydrogen-bond donors (Lipinski definition) is 2. The van der Waals surface area contributed by atoms with Crippen LogP contribution in [-0.2, 0) is 25.6 Å². The third-order valence-electron chi connectivity index (χ3n) is 4.98. The Kier molecular flexibility index (Phi) is 10.8. The standard InChI is InChI=1S/C24H32N4O7/c1-4-6-13-28-22(25)21(23(31)26-24(28)32)27(14-15-33-3)19(29)16-35-20(30)12-9-17-7-10-18(11-8-17)34-5-2/h7-12H,4-6,13-16,25H2,1-3H3,(H,26,31,32)/b12-9+. The molecular formula is C24H32N4O7. The topological polar surface area (TPSA) is 146 Å². The molecule has 0 fully saturated rings. The van der Waals surface area contributed by atoms with Gasteiger partial charge in [-0.25, -0.2) is 9.59 Å². The number of nitrogens with zero attached hydrogens (tertiary/aromatic N) is 2. The van der Waals surface area contributed by atoms with Crippen molar-refractivity contribution in [1.82, 2.24) is 9.55 Å². The van der Waals surface area contributed by atoms with Crippen molar-refractivity contribution in [2.24, 2.45) is 0 Å². The van der Waals surface area contributed by atoms with Gasteiger partial charge in [-0.1, -0.05) is 25.5 Å². The van der Waals surface area contributed by atoms with E-state index in [0.29, 0.717) is 18.8 Å². The second-order valence-corrected chi connectivity index (χ2v) is 7.48. The van der Waals surface area contributed by atoms with Crippen molar-refractivity contribution >= 4 is 29.5 Å². The first-order chi connectivity index (χ1) is 16.8. The fourth-order valence-corrected chi connectivity index (χ4v) is 3.19. The Bertz CT molecular complexity index is 1140. The molecule has 0 unspecified atom stereocenters. The lowest BCUT2D eigenvalue weighted by atomic mass is 10.2. The highest BCUT2D eigenvalue weighted by Crippen LogP contribution is 2.18. The number of nitrogens with two attached hydrogens (primary N) is 1. The quantitative estimate of drug-likeness (QED) is 0.319. The molecule has 0 radical (unpaired) electrons. The van der Waals surface area contributed by atoms with Crippen LogP contribution in [0.5, 0.6) is 5.75 Å². The van der Waals surface area contributed by atoms with E-state index in [0.717, 1.165) is 16.9 Å². The van der Waals surface area contributed by atoms with Crippen LogP contribution in [0.25, 0.3) is 6.08 Å². The van der Waals surface area contributed by atoms with E-state index < -0.39 is 29.7 Å². The minimum Gasteiger partial charge on any atom is -0.494 e. The van der Waals surface area contributed by atoms with Crippen molar-refractivity contribution < 1.29 is 23.8 Å². The number of anilines is 2. The zero-order valence-electron chi connectivity index (χ0n) is 20.2. The van der Waals surface area contributed by atoms with Gasteiger partial charge in [0.15, 0.2) is 12.3 Å². The third-order valence-corrected chi connectivity index (χ3v) is 4.98. The van der Waals surface area contributed by atoms with E-state index >= 15 is 0 Å². The van der Waals surface area contributed by atoms with Gasteiger partial charge in [-0.2, -0.15) is 0 Å². The molecule has 0 saturated heterocycles. The number of methoxy groups -OCH3 is 1. The van der Waals surface area contributed by atoms with E-state index in [1.54, 1.807) is 24.3 Å². The fourth-order valence-electron chi connectivity index (χ4n) is 3.19. The van der Waals surface area contributed by atoms with Crippen LogP contribution in [0.2, 0.25) is 0 Å². The molecule has 0 aliphatic rings. The monoisotopic (exact) mass is 488 g/mol. The van der Waals surface area contributed by atoms with Crippen molar-refractivity contribution in [1.29, 1.82) is 0 Å². The minimum absolute atomic E-state index is 0.0336. The fraction of sp³-hybridized carbons (Fsp3) is 0.417. The van der Waals surface area contributed by atoms with Crippen molar-refractivity contribution in [2.75, 3.05) is 44.1 Å². The first-order valence-electron chi connectivity index (χ1n) is 11.3. The van der Waals surface area contributed by atoms with E-state index in [1.165, 1.54) is 23.8 Å². The molecule has 3 N–H and O–H groups in total. The molecular weight excluding hydrogens is 456 g/mol. The summed E-state index contributed by atoms with van der Waals surface area (Å²) in [5, 5.41) is 0. The van der Waals surface area contributed by atoms with Gasteiger partial charge < -0.3 is 19.9 Å². The Morgan fingerprint density at radius 3 is 2.51 bits per heavy atom. The van der Waals surface area contributed by atoms with Crippen LogP contribution in [0.15, 0.2) is 39.9 Å². The van der Waals surface area contributed by atoms with Crippen molar-refractivity contribution in [3.63, 3.8) is 0 Å². The van der Waals surface area contributed by atoms with E-state index in [-0.39, 0.29) is 31.2 Å². The summed E-state index contributed by atoms with van der Waals surface area (Å²) in [6.45, 7) is 4.08. The Hall–Kier alpha value is -3.86. The zero-order chi connectivity index (χ0) is 25.8. The summed E-state index contributed by atoms with van der Waals surface area (Å²) in [4.78, 5) is 53.0. The molecule has 11 nitrogen and oxygen atoms in total. The van der Waals surface area contributed by atoms with Crippen LogP contribution in [-0.4, -0.2) is 54.9 Å². The highest BCUT2D eigenvalue weighted by Gasteiger charge is 2.24. The van der Waals surface area contributed by atoms with Crippen molar-refractivity contribution in [3.05, 3.63) is 56.7 Å². The van der Waals surface area contributed by atoms with E-state index in [4.69, 9.17) is 19.9 Å². The lowest BCUT2D eigenvalue weighted by molar-refractivity contribution is -0.142. The Morgan fingerprint density at radius 2 is 1.89 bits per heavy atom. The predicted molar refractivity (Wildman–Crippen MR) is 132 cm³/mol. The van der Waals surface area contributed by atoms with Crippen molar-refractivity contribution in [2.45, 2.75) is 33.2 Å². The van der Waals surface area contributed by atoms with E-state index in [1.807, 2.05) is 13.8 Å². The van der Waals surface area contributed by atoms with Gasteiger partial charge in [-0.3, -0.25) is 24.0 Å². The summed E-state index contributed by atoms with van der Waals surface area (Å²) in [6.07, 6.45) is 4.18. The van der Waals surface area contributed by atoms with Gasteiger partial charge >= 0.3 is 11.7 Å². The second-order valence-electron chi connectivity index (χ2n) is 7.48. The average molecular weight is 489 g/mol. The summed E-state index contributed by atoms with van der Waals surface area (Å²) in [5.74, 6) is -0.862. The van der Waals surface area contributed by atoms with Gasteiger partial charge in [-0.05, 0) is 37.1 Å². The highest BCUT2D eigenvalue weighted by molar-refractivity contribution is 5.98. The molecule has 0 bridgehead atoms. The molecule has 0 saturated carbocycles. The van der Waals surface area contributed by atoms with Crippen LogP contribution in [0, 0.1) is 0 Å². The minimum atomic E-state index is -0.813. The normalized spacial score (nSPS) is 10.9. The molecule has 11 heteroatoms. The molecule has 35 heavy (non-hydrogen) atoms. The van der Waals surface area contributed by atoms with Crippen LogP contribution >= 0.6 is 0 Å². The van der Waals surface area contributed by atoms with Crippen molar-refractivity contribution in [3.8, 4) is 5.75 Å². The number of nitrogens with one attached hydrogen (secondary N) is 1. The maximum atomic E-state index is 12.9. The number of aromatic amines is 1. The Labute approximate surface area is 203 Å². The van der Waals surface area contributed by atoms with Gasteiger partial charge in [-0.15, -0.1) is 0 Å². The number of H-pyrrole nitrogens is 1. The number of amides is 1. The van der Waals surface area contributed by atoms with Gasteiger partial charge in [0.25, 0.3) is 11.5 Å². The number of carbonyl (C=O) groups is 2. The second kappa shape index (κ2) is 13.8. The molecule has 1 amide bonds. The number of aromatic nitrogens is 2. The average Bonchev–Trinajstić information content (AvgIpc) is 2.84. The summed E-state index contributed by atoms with van der Waals surface area (Å²) in [6, 6.07) is 7.09. The summed E-state index contributed by atoms with van der Waals surface area (Å²) in [5.41, 5.74) is 5.19. The number of esters is 1. The summed E-state index contributed by atoms with van der Waals surface area (Å²) >= 11 is 0. The molecule has 2 aromatic rings. The maximum Gasteiger partial charge on any atom is 0.331 e. The zero-order valence-corrected chi connectivity index (χ0v) is 20.2. The summed E-state index contributed by atoms with van der Waals surface area (Å²) < 4.78 is 16.7. The third kappa shape index (κ3) is 7.85. The van der Waals surface area contributed by atoms with Crippen LogP contribution in [0.4, 0.5) is 11.5 Å². The van der Waals surface area contributed by atoms with Gasteiger partial charge in [0.2, 0.25) is 0 Å². The molecule has 1 aromatic heterocycles. The molecule has 0 aliphatic carbocycles. The number of unbranched alkanes of at least 4 members (excludes halogenated alkanes) is 1. The van der Waals surface area contributed by atoms with Gasteiger partial charge in [0.05, 0.1) is 13.2 Å². The SMILES string of the molecule is CCCCn1c(N)c(N(CCOC)C(=O)COC(=O)/C=C/c2ccc(OCC)cc2)c(=O)[nH]c1=O. The highest BCUT2D eigenvalue weighted by atomic mass is 16.5.